The zero-order valence-electron chi connectivity index (χ0n) is 10.9. The summed E-state index contributed by atoms with van der Waals surface area (Å²) < 4.78 is 7.54. The maximum Gasteiger partial charge on any atom is 0.0951 e. The third-order valence-corrected chi connectivity index (χ3v) is 3.26. The Bertz CT molecular complexity index is 327. The second-order valence-electron chi connectivity index (χ2n) is 4.85. The lowest BCUT2D eigenvalue weighted by molar-refractivity contribution is 0.161. The summed E-state index contributed by atoms with van der Waals surface area (Å²) in [5, 5.41) is 3.56. The first-order chi connectivity index (χ1) is 8.35. The van der Waals surface area contributed by atoms with Gasteiger partial charge < -0.3 is 14.6 Å². The molecule has 17 heavy (non-hydrogen) atoms. The van der Waals surface area contributed by atoms with Crippen molar-refractivity contribution in [3.63, 3.8) is 0 Å². The van der Waals surface area contributed by atoms with E-state index in [1.807, 2.05) is 12.5 Å². The van der Waals surface area contributed by atoms with Crippen LogP contribution in [-0.4, -0.2) is 29.3 Å². The van der Waals surface area contributed by atoms with Crippen LogP contribution in [0.5, 0.6) is 0 Å². The first kappa shape index (κ1) is 12.6. The molecular weight excluding hydrogens is 214 g/mol. The topological polar surface area (TPSA) is 39.1 Å². The fourth-order valence-electron chi connectivity index (χ4n) is 2.19. The van der Waals surface area contributed by atoms with Crippen molar-refractivity contribution in [3.8, 4) is 0 Å². The second-order valence-corrected chi connectivity index (χ2v) is 4.85. The lowest BCUT2D eigenvalue weighted by Gasteiger charge is -2.17. The second kappa shape index (κ2) is 6.17. The number of methoxy groups -OCH3 is 1. The van der Waals surface area contributed by atoms with Crippen LogP contribution in [0.1, 0.15) is 44.3 Å². The Hall–Kier alpha value is -0.870. The molecule has 1 aliphatic rings. The highest BCUT2D eigenvalue weighted by Gasteiger charge is 2.25. The molecule has 1 N–H and O–H groups in total. The van der Waals surface area contributed by atoms with Crippen LogP contribution in [-0.2, 0) is 11.3 Å². The van der Waals surface area contributed by atoms with Gasteiger partial charge in [-0.05, 0) is 19.3 Å². The summed E-state index contributed by atoms with van der Waals surface area (Å²) in [5.74, 6) is 0. The van der Waals surface area contributed by atoms with Crippen LogP contribution < -0.4 is 5.32 Å². The van der Waals surface area contributed by atoms with Crippen molar-refractivity contribution in [2.24, 2.45) is 0 Å². The van der Waals surface area contributed by atoms with E-state index in [4.69, 9.17) is 4.74 Å². The SMILES string of the molecule is CCCC(COC)NCc1cncn1C1CC1. The van der Waals surface area contributed by atoms with Crippen molar-refractivity contribution in [2.45, 2.75) is 51.2 Å². The number of aromatic nitrogens is 2. The highest BCUT2D eigenvalue weighted by molar-refractivity contribution is 5.03. The zero-order valence-corrected chi connectivity index (χ0v) is 10.9. The Balaban J connectivity index is 1.84. The summed E-state index contributed by atoms with van der Waals surface area (Å²) in [5.41, 5.74) is 1.30. The predicted molar refractivity (Wildman–Crippen MR) is 67.9 cm³/mol. The highest BCUT2D eigenvalue weighted by atomic mass is 16.5. The summed E-state index contributed by atoms with van der Waals surface area (Å²) in [4.78, 5) is 4.25. The van der Waals surface area contributed by atoms with E-state index in [2.05, 4.69) is 21.8 Å². The monoisotopic (exact) mass is 237 g/mol. The molecule has 0 bridgehead atoms. The molecule has 1 unspecified atom stereocenters. The van der Waals surface area contributed by atoms with Crippen LogP contribution >= 0.6 is 0 Å². The maximum atomic E-state index is 5.23. The Kier molecular flexibility index (Phi) is 4.57. The summed E-state index contributed by atoms with van der Waals surface area (Å²) in [7, 11) is 1.76. The number of hydrogen-bond acceptors (Lipinski definition) is 3. The Labute approximate surface area is 103 Å². The van der Waals surface area contributed by atoms with Crippen LogP contribution in [0.3, 0.4) is 0 Å². The molecule has 1 aliphatic carbocycles. The third-order valence-electron chi connectivity index (χ3n) is 3.26. The molecule has 1 heterocycles. The van der Waals surface area contributed by atoms with Crippen LogP contribution in [0.2, 0.25) is 0 Å². The molecule has 4 nitrogen and oxygen atoms in total. The molecule has 1 aromatic rings. The molecule has 0 aromatic carbocycles. The minimum absolute atomic E-state index is 0.451. The van der Waals surface area contributed by atoms with Gasteiger partial charge >= 0.3 is 0 Å². The minimum Gasteiger partial charge on any atom is -0.383 e. The van der Waals surface area contributed by atoms with E-state index >= 15 is 0 Å². The largest absolute Gasteiger partial charge is 0.383 e. The van der Waals surface area contributed by atoms with Gasteiger partial charge in [0.2, 0.25) is 0 Å². The van der Waals surface area contributed by atoms with E-state index in [0.717, 1.165) is 19.6 Å². The summed E-state index contributed by atoms with van der Waals surface area (Å²) in [6, 6.07) is 1.16. The van der Waals surface area contributed by atoms with Gasteiger partial charge in [-0.25, -0.2) is 4.98 Å². The summed E-state index contributed by atoms with van der Waals surface area (Å²) in [6.45, 7) is 3.88. The Morgan fingerprint density at radius 1 is 1.59 bits per heavy atom. The number of ether oxygens (including phenoxy) is 1. The fraction of sp³-hybridized carbons (Fsp3) is 0.769. The smallest absolute Gasteiger partial charge is 0.0951 e. The molecule has 2 rings (SSSR count). The Morgan fingerprint density at radius 3 is 3.06 bits per heavy atom. The third kappa shape index (κ3) is 3.54. The molecule has 0 radical (unpaired) electrons. The van der Waals surface area contributed by atoms with Gasteiger partial charge in [-0.1, -0.05) is 13.3 Å². The fourth-order valence-corrected chi connectivity index (χ4v) is 2.19. The molecule has 1 atom stereocenters. The first-order valence-electron chi connectivity index (χ1n) is 6.58. The summed E-state index contributed by atoms with van der Waals surface area (Å²) >= 11 is 0. The van der Waals surface area contributed by atoms with E-state index in [1.54, 1.807) is 7.11 Å². The standard InChI is InChI=1S/C13H23N3O/c1-3-4-11(9-17-2)15-8-13-7-14-10-16(13)12-5-6-12/h7,10-12,15H,3-6,8-9H2,1-2H3. The van der Waals surface area contributed by atoms with Gasteiger partial charge in [0.1, 0.15) is 0 Å². The first-order valence-corrected chi connectivity index (χ1v) is 6.58. The number of imidazole rings is 1. The van der Waals surface area contributed by atoms with Gasteiger partial charge in [0.15, 0.2) is 0 Å². The van der Waals surface area contributed by atoms with E-state index in [9.17, 15) is 0 Å². The average Bonchev–Trinajstić information content (AvgIpc) is 3.06. The van der Waals surface area contributed by atoms with Crippen LogP contribution in [0.25, 0.3) is 0 Å². The molecule has 96 valence electrons. The van der Waals surface area contributed by atoms with Crippen molar-refractivity contribution in [3.05, 3.63) is 18.2 Å². The van der Waals surface area contributed by atoms with E-state index in [1.165, 1.54) is 25.0 Å². The minimum atomic E-state index is 0.451. The number of nitrogens with zero attached hydrogens (tertiary/aromatic N) is 2. The molecule has 1 fully saturated rings. The van der Waals surface area contributed by atoms with Crippen LogP contribution in [0.15, 0.2) is 12.5 Å². The van der Waals surface area contributed by atoms with Gasteiger partial charge in [-0.15, -0.1) is 0 Å². The normalized spacial score (nSPS) is 17.3. The molecular formula is C13H23N3O. The van der Waals surface area contributed by atoms with Gasteiger partial charge in [0.05, 0.1) is 18.6 Å². The van der Waals surface area contributed by atoms with Gasteiger partial charge in [0.25, 0.3) is 0 Å². The molecule has 0 saturated heterocycles. The van der Waals surface area contributed by atoms with E-state index in [-0.39, 0.29) is 0 Å². The van der Waals surface area contributed by atoms with Gasteiger partial charge in [-0.2, -0.15) is 0 Å². The van der Waals surface area contributed by atoms with E-state index < -0.39 is 0 Å². The molecule has 0 amide bonds. The lowest BCUT2D eigenvalue weighted by atomic mass is 10.2. The molecule has 0 spiro atoms. The molecule has 1 saturated carbocycles. The number of nitrogens with one attached hydrogen (secondary N) is 1. The van der Waals surface area contributed by atoms with Crippen molar-refractivity contribution in [2.75, 3.05) is 13.7 Å². The van der Waals surface area contributed by atoms with Crippen molar-refractivity contribution < 1.29 is 4.74 Å². The van der Waals surface area contributed by atoms with Crippen molar-refractivity contribution in [1.82, 2.24) is 14.9 Å². The molecule has 1 aromatic heterocycles. The predicted octanol–water partition coefficient (Wildman–Crippen LogP) is 2.12. The highest BCUT2D eigenvalue weighted by Crippen LogP contribution is 2.35. The Morgan fingerprint density at radius 2 is 2.41 bits per heavy atom. The van der Waals surface area contributed by atoms with Gasteiger partial charge in [0, 0.05) is 31.9 Å². The van der Waals surface area contributed by atoms with Gasteiger partial charge in [-0.3, -0.25) is 0 Å². The van der Waals surface area contributed by atoms with Crippen LogP contribution in [0, 0.1) is 0 Å². The lowest BCUT2D eigenvalue weighted by Crippen LogP contribution is -2.33. The number of rotatable bonds is 8. The van der Waals surface area contributed by atoms with E-state index in [0.29, 0.717) is 12.1 Å². The van der Waals surface area contributed by atoms with Crippen molar-refractivity contribution in [1.29, 1.82) is 0 Å². The number of hydrogen-bond donors (Lipinski definition) is 1. The molecule has 0 aliphatic heterocycles. The quantitative estimate of drug-likeness (QED) is 0.752. The summed E-state index contributed by atoms with van der Waals surface area (Å²) in [6.07, 6.45) is 8.88. The maximum absolute atomic E-state index is 5.23. The molecule has 4 heteroatoms. The zero-order chi connectivity index (χ0) is 12.1. The van der Waals surface area contributed by atoms with Crippen LogP contribution in [0.4, 0.5) is 0 Å². The van der Waals surface area contributed by atoms with Crippen molar-refractivity contribution >= 4 is 0 Å². The average molecular weight is 237 g/mol.